The second kappa shape index (κ2) is 7.12. The molecule has 2 aromatic heterocycles. The molecule has 0 unspecified atom stereocenters. The van der Waals surface area contributed by atoms with Crippen LogP contribution in [0.5, 0.6) is 0 Å². The molecule has 0 aliphatic heterocycles. The van der Waals surface area contributed by atoms with Crippen LogP contribution in [0.1, 0.15) is 43.4 Å². The zero-order chi connectivity index (χ0) is 17.9. The van der Waals surface area contributed by atoms with Crippen molar-refractivity contribution in [1.29, 1.82) is 0 Å². The monoisotopic (exact) mass is 347 g/mol. The summed E-state index contributed by atoms with van der Waals surface area (Å²) in [6, 6.07) is 8.41. The van der Waals surface area contributed by atoms with Crippen molar-refractivity contribution in [2.45, 2.75) is 38.6 Å². The summed E-state index contributed by atoms with van der Waals surface area (Å²) in [6.45, 7) is 1.88. The van der Waals surface area contributed by atoms with Crippen LogP contribution in [0, 0.1) is 0 Å². The standard InChI is InChI=1S/C21H21N3O2/c1-2-21(25)24-20-5-3-4-17-18(11-22-12-19(17)20)15-8-6-14(7-9-15)16-10-23-26-13-16/h6-13,20H,2-5H2,1H3,(H,24,25)/t20-/m1/s1. The number of hydrogen-bond donors (Lipinski definition) is 1. The van der Waals surface area contributed by atoms with E-state index in [-0.39, 0.29) is 11.9 Å². The zero-order valence-electron chi connectivity index (χ0n) is 14.7. The first-order valence-corrected chi connectivity index (χ1v) is 9.02. The summed E-state index contributed by atoms with van der Waals surface area (Å²) in [5.41, 5.74) is 6.77. The Morgan fingerprint density at radius 3 is 2.69 bits per heavy atom. The maximum atomic E-state index is 11.9. The molecule has 5 nitrogen and oxygen atoms in total. The number of pyridine rings is 1. The molecule has 0 spiro atoms. The number of benzene rings is 1. The molecule has 26 heavy (non-hydrogen) atoms. The Bertz CT molecular complexity index is 902. The van der Waals surface area contributed by atoms with Crippen LogP contribution in [-0.2, 0) is 11.2 Å². The highest BCUT2D eigenvalue weighted by Gasteiger charge is 2.24. The predicted molar refractivity (Wildman–Crippen MR) is 99.3 cm³/mol. The van der Waals surface area contributed by atoms with Gasteiger partial charge in [-0.2, -0.15) is 0 Å². The molecule has 2 heterocycles. The van der Waals surface area contributed by atoms with Gasteiger partial charge in [-0.15, -0.1) is 0 Å². The molecular formula is C21H21N3O2. The maximum absolute atomic E-state index is 11.9. The molecule has 1 aromatic carbocycles. The topological polar surface area (TPSA) is 68.0 Å². The third kappa shape index (κ3) is 3.12. The Morgan fingerprint density at radius 1 is 1.15 bits per heavy atom. The van der Waals surface area contributed by atoms with Crippen molar-refractivity contribution in [3.63, 3.8) is 0 Å². The van der Waals surface area contributed by atoms with Gasteiger partial charge in [0, 0.05) is 29.9 Å². The lowest BCUT2D eigenvalue weighted by molar-refractivity contribution is -0.121. The van der Waals surface area contributed by atoms with E-state index in [0.717, 1.165) is 47.1 Å². The quantitative estimate of drug-likeness (QED) is 0.764. The number of carbonyl (C=O) groups excluding carboxylic acids is 1. The summed E-state index contributed by atoms with van der Waals surface area (Å²) in [4.78, 5) is 16.3. The second-order valence-electron chi connectivity index (χ2n) is 6.61. The lowest BCUT2D eigenvalue weighted by Gasteiger charge is -2.27. The average molecular weight is 347 g/mol. The minimum absolute atomic E-state index is 0.0647. The molecular weight excluding hydrogens is 326 g/mol. The fraction of sp³-hybridized carbons (Fsp3) is 0.286. The largest absolute Gasteiger partial charge is 0.364 e. The Kier molecular flexibility index (Phi) is 4.52. The highest BCUT2D eigenvalue weighted by molar-refractivity contribution is 5.77. The van der Waals surface area contributed by atoms with Crippen molar-refractivity contribution in [2.24, 2.45) is 0 Å². The Balaban J connectivity index is 1.67. The van der Waals surface area contributed by atoms with E-state index < -0.39 is 0 Å². The van der Waals surface area contributed by atoms with Gasteiger partial charge in [0.25, 0.3) is 0 Å². The van der Waals surface area contributed by atoms with Gasteiger partial charge in [0.05, 0.1) is 12.2 Å². The van der Waals surface area contributed by atoms with Crippen molar-refractivity contribution in [2.75, 3.05) is 0 Å². The molecule has 5 heteroatoms. The van der Waals surface area contributed by atoms with Crippen LogP contribution in [0.25, 0.3) is 22.3 Å². The van der Waals surface area contributed by atoms with Crippen LogP contribution in [0.4, 0.5) is 0 Å². The SMILES string of the molecule is CCC(=O)N[C@@H]1CCCc2c(-c3ccc(-c4cnoc4)cc3)cncc21. The highest BCUT2D eigenvalue weighted by Crippen LogP contribution is 2.36. The van der Waals surface area contributed by atoms with Gasteiger partial charge in [-0.3, -0.25) is 9.78 Å². The summed E-state index contributed by atoms with van der Waals surface area (Å²) in [5, 5.41) is 6.89. The number of nitrogens with zero attached hydrogens (tertiary/aromatic N) is 2. The van der Waals surface area contributed by atoms with Crippen LogP contribution in [-0.4, -0.2) is 16.0 Å². The van der Waals surface area contributed by atoms with E-state index in [4.69, 9.17) is 4.52 Å². The number of nitrogens with one attached hydrogen (secondary N) is 1. The molecule has 1 aliphatic carbocycles. The number of carbonyl (C=O) groups is 1. The van der Waals surface area contributed by atoms with Gasteiger partial charge in [-0.05, 0) is 41.5 Å². The van der Waals surface area contributed by atoms with Crippen LogP contribution < -0.4 is 5.32 Å². The Labute approximate surface area is 152 Å². The molecule has 0 radical (unpaired) electrons. The Morgan fingerprint density at radius 2 is 1.96 bits per heavy atom. The second-order valence-corrected chi connectivity index (χ2v) is 6.61. The van der Waals surface area contributed by atoms with Crippen molar-refractivity contribution in [1.82, 2.24) is 15.5 Å². The first-order chi connectivity index (χ1) is 12.8. The first kappa shape index (κ1) is 16.5. The van der Waals surface area contributed by atoms with Gasteiger partial charge in [0.15, 0.2) is 0 Å². The molecule has 4 rings (SSSR count). The molecule has 1 aliphatic rings. The van der Waals surface area contributed by atoms with Gasteiger partial charge in [0.2, 0.25) is 5.91 Å². The van der Waals surface area contributed by atoms with Crippen molar-refractivity contribution < 1.29 is 9.32 Å². The lowest BCUT2D eigenvalue weighted by atomic mass is 9.84. The molecule has 0 fully saturated rings. The third-order valence-corrected chi connectivity index (χ3v) is 5.00. The van der Waals surface area contributed by atoms with Gasteiger partial charge in [0.1, 0.15) is 6.26 Å². The average Bonchev–Trinajstić information content (AvgIpc) is 3.23. The third-order valence-electron chi connectivity index (χ3n) is 5.00. The van der Waals surface area contributed by atoms with Crippen molar-refractivity contribution in [3.05, 3.63) is 60.2 Å². The van der Waals surface area contributed by atoms with Gasteiger partial charge >= 0.3 is 0 Å². The summed E-state index contributed by atoms with van der Waals surface area (Å²) in [6.07, 6.45) is 10.7. The first-order valence-electron chi connectivity index (χ1n) is 9.02. The van der Waals surface area contributed by atoms with E-state index in [2.05, 4.69) is 39.7 Å². The number of rotatable bonds is 4. The predicted octanol–water partition coefficient (Wildman–Crippen LogP) is 4.31. The molecule has 1 amide bonds. The van der Waals surface area contributed by atoms with E-state index in [1.54, 1.807) is 12.5 Å². The van der Waals surface area contributed by atoms with E-state index in [1.807, 2.05) is 19.3 Å². The number of amides is 1. The summed E-state index contributed by atoms with van der Waals surface area (Å²) in [7, 11) is 0. The van der Waals surface area contributed by atoms with Gasteiger partial charge < -0.3 is 9.84 Å². The molecule has 3 aromatic rings. The molecule has 1 atom stereocenters. The van der Waals surface area contributed by atoms with Crippen molar-refractivity contribution in [3.8, 4) is 22.3 Å². The summed E-state index contributed by atoms with van der Waals surface area (Å²) >= 11 is 0. The molecule has 1 N–H and O–H groups in total. The highest BCUT2D eigenvalue weighted by atomic mass is 16.5. The van der Waals surface area contributed by atoms with Crippen molar-refractivity contribution >= 4 is 5.91 Å². The maximum Gasteiger partial charge on any atom is 0.220 e. The zero-order valence-corrected chi connectivity index (χ0v) is 14.7. The van der Waals surface area contributed by atoms with Gasteiger partial charge in [-0.25, -0.2) is 0 Å². The summed E-state index contributed by atoms with van der Waals surface area (Å²) in [5.74, 6) is 0.0892. The molecule has 132 valence electrons. The van der Waals surface area contributed by atoms with Crippen LogP contribution in [0.15, 0.2) is 53.6 Å². The molecule has 0 saturated carbocycles. The van der Waals surface area contributed by atoms with Crippen LogP contribution in [0.3, 0.4) is 0 Å². The smallest absolute Gasteiger partial charge is 0.220 e. The fourth-order valence-electron chi connectivity index (χ4n) is 3.61. The number of aromatic nitrogens is 2. The fourth-order valence-corrected chi connectivity index (χ4v) is 3.61. The minimum Gasteiger partial charge on any atom is -0.364 e. The van der Waals surface area contributed by atoms with Crippen LogP contribution in [0.2, 0.25) is 0 Å². The Hall–Kier alpha value is -2.95. The number of fused-ring (bicyclic) bond motifs is 1. The van der Waals surface area contributed by atoms with Crippen LogP contribution >= 0.6 is 0 Å². The van der Waals surface area contributed by atoms with E-state index in [1.165, 1.54) is 5.56 Å². The lowest BCUT2D eigenvalue weighted by Crippen LogP contribution is -2.30. The number of hydrogen-bond acceptors (Lipinski definition) is 4. The molecule has 0 bridgehead atoms. The van der Waals surface area contributed by atoms with E-state index in [0.29, 0.717) is 6.42 Å². The minimum atomic E-state index is 0.0647. The normalized spacial score (nSPS) is 16.1. The van der Waals surface area contributed by atoms with E-state index in [9.17, 15) is 4.79 Å². The van der Waals surface area contributed by atoms with E-state index >= 15 is 0 Å². The molecule has 0 saturated heterocycles. The summed E-state index contributed by atoms with van der Waals surface area (Å²) < 4.78 is 4.92. The van der Waals surface area contributed by atoms with Gasteiger partial charge in [-0.1, -0.05) is 36.3 Å².